The number of β-amino-alcohol motifs (C(OH)–C–C–N with tert-alkyl or cyclic N) is 1. The number of carbonyl (C=O) groups is 2. The van der Waals surface area contributed by atoms with E-state index in [1.54, 1.807) is 7.05 Å². The van der Waals surface area contributed by atoms with Crippen molar-refractivity contribution >= 4 is 23.5 Å². The summed E-state index contributed by atoms with van der Waals surface area (Å²) in [7, 11) is 1.56. The van der Waals surface area contributed by atoms with Crippen molar-refractivity contribution in [3.05, 3.63) is 34.6 Å². The predicted octanol–water partition coefficient (Wildman–Crippen LogP) is 0.681. The Labute approximate surface area is 131 Å². The van der Waals surface area contributed by atoms with Crippen LogP contribution in [-0.4, -0.2) is 70.7 Å². The number of likely N-dealkylation sites (N-methyl/N-ethyl adjacent to an activating group) is 1. The first-order valence-corrected chi connectivity index (χ1v) is 7.02. The molecule has 0 aromatic heterocycles. The van der Waals surface area contributed by atoms with Crippen molar-refractivity contribution in [1.29, 1.82) is 0 Å². The van der Waals surface area contributed by atoms with Gasteiger partial charge in [-0.1, -0.05) is 17.7 Å². The van der Waals surface area contributed by atoms with Crippen molar-refractivity contribution in [2.24, 2.45) is 0 Å². The van der Waals surface area contributed by atoms with Crippen LogP contribution in [0.25, 0.3) is 0 Å². The molecule has 1 amide bonds. The van der Waals surface area contributed by atoms with E-state index in [9.17, 15) is 19.1 Å². The number of likely N-dealkylation sites (tertiary alicyclic amines) is 1. The molecule has 1 aliphatic heterocycles. The number of aliphatic carboxylic acids is 1. The molecule has 8 heteroatoms. The van der Waals surface area contributed by atoms with Gasteiger partial charge in [0.1, 0.15) is 5.82 Å². The molecule has 0 spiro atoms. The maximum absolute atomic E-state index is 13.4. The molecule has 1 saturated heterocycles. The Morgan fingerprint density at radius 1 is 1.45 bits per heavy atom. The Kier molecular flexibility index (Phi) is 5.00. The van der Waals surface area contributed by atoms with Crippen molar-refractivity contribution in [3.8, 4) is 0 Å². The largest absolute Gasteiger partial charge is 0.480 e. The number of nitrogens with zero attached hydrogens (tertiary/aromatic N) is 2. The van der Waals surface area contributed by atoms with Crippen LogP contribution in [0.1, 0.15) is 10.4 Å². The van der Waals surface area contributed by atoms with Crippen LogP contribution >= 0.6 is 11.6 Å². The minimum atomic E-state index is -1.02. The van der Waals surface area contributed by atoms with E-state index >= 15 is 0 Å². The average molecular weight is 331 g/mol. The van der Waals surface area contributed by atoms with Crippen LogP contribution in [0, 0.1) is 5.82 Å². The summed E-state index contributed by atoms with van der Waals surface area (Å²) in [6.45, 7) is -0.0542. The number of rotatable bonds is 4. The second-order valence-corrected chi connectivity index (χ2v) is 5.63. The molecule has 0 saturated carbocycles. The van der Waals surface area contributed by atoms with E-state index in [1.807, 2.05) is 0 Å². The molecular formula is C14H16ClFN2O4. The smallest absolute Gasteiger partial charge is 0.317 e. The van der Waals surface area contributed by atoms with E-state index in [0.717, 1.165) is 6.07 Å². The van der Waals surface area contributed by atoms with E-state index in [2.05, 4.69) is 0 Å². The molecule has 0 radical (unpaired) electrons. The summed E-state index contributed by atoms with van der Waals surface area (Å²) in [5.41, 5.74) is 0.0235. The first kappa shape index (κ1) is 16.7. The van der Waals surface area contributed by atoms with Crippen LogP contribution < -0.4 is 0 Å². The molecule has 0 aliphatic carbocycles. The number of halogens is 2. The Morgan fingerprint density at radius 3 is 2.77 bits per heavy atom. The zero-order valence-electron chi connectivity index (χ0n) is 11.9. The standard InChI is InChI=1S/C14H16ClFN2O4/c1-17(7-12(20)21)10-5-18(6-11(10)19)14(22)8-3-2-4-9(16)13(8)15/h2-4,10-11,19H,5-7H2,1H3,(H,20,21)/t10-,11-/m1/s1. The molecular weight excluding hydrogens is 315 g/mol. The minimum absolute atomic E-state index is 0.0235. The second-order valence-electron chi connectivity index (χ2n) is 5.26. The van der Waals surface area contributed by atoms with Gasteiger partial charge in [0.25, 0.3) is 5.91 Å². The van der Waals surface area contributed by atoms with E-state index in [4.69, 9.17) is 16.7 Å². The Bertz CT molecular complexity index is 598. The van der Waals surface area contributed by atoms with Gasteiger partial charge in [-0.3, -0.25) is 14.5 Å². The first-order chi connectivity index (χ1) is 10.3. The fraction of sp³-hybridized carbons (Fsp3) is 0.429. The number of aliphatic hydroxyl groups is 1. The second kappa shape index (κ2) is 6.60. The van der Waals surface area contributed by atoms with Gasteiger partial charge in [-0.25, -0.2) is 4.39 Å². The summed E-state index contributed by atoms with van der Waals surface area (Å²) in [4.78, 5) is 25.9. The van der Waals surface area contributed by atoms with Gasteiger partial charge in [-0.15, -0.1) is 0 Å². The minimum Gasteiger partial charge on any atom is -0.480 e. The zero-order chi connectivity index (χ0) is 16.4. The van der Waals surface area contributed by atoms with Crippen LogP contribution in [0.2, 0.25) is 5.02 Å². The van der Waals surface area contributed by atoms with Gasteiger partial charge in [0.05, 0.1) is 29.3 Å². The normalized spacial score (nSPS) is 21.4. The van der Waals surface area contributed by atoms with E-state index in [1.165, 1.54) is 21.9 Å². The molecule has 2 atom stereocenters. The van der Waals surface area contributed by atoms with Crippen molar-refractivity contribution in [3.63, 3.8) is 0 Å². The Balaban J connectivity index is 2.13. The summed E-state index contributed by atoms with van der Waals surface area (Å²) in [5, 5.41) is 18.6. The fourth-order valence-corrected chi connectivity index (χ4v) is 2.75. The van der Waals surface area contributed by atoms with Crippen molar-refractivity contribution in [2.45, 2.75) is 12.1 Å². The van der Waals surface area contributed by atoms with Crippen LogP contribution in [0.4, 0.5) is 4.39 Å². The summed E-state index contributed by atoms with van der Waals surface area (Å²) < 4.78 is 13.4. The quantitative estimate of drug-likeness (QED) is 0.848. The van der Waals surface area contributed by atoms with Crippen LogP contribution in [0.5, 0.6) is 0 Å². The van der Waals surface area contributed by atoms with Crippen molar-refractivity contribution in [2.75, 3.05) is 26.7 Å². The van der Waals surface area contributed by atoms with Gasteiger partial charge in [0, 0.05) is 13.1 Å². The number of amides is 1. The summed E-state index contributed by atoms with van der Waals surface area (Å²) in [6, 6.07) is 3.46. The molecule has 0 bridgehead atoms. The van der Waals surface area contributed by atoms with Crippen LogP contribution in [0.15, 0.2) is 18.2 Å². The molecule has 0 unspecified atom stereocenters. The lowest BCUT2D eigenvalue weighted by molar-refractivity contribution is -0.138. The van der Waals surface area contributed by atoms with Gasteiger partial charge in [-0.05, 0) is 19.2 Å². The number of benzene rings is 1. The maximum atomic E-state index is 13.4. The number of hydrogen-bond donors (Lipinski definition) is 2. The lowest BCUT2D eigenvalue weighted by Gasteiger charge is -2.24. The highest BCUT2D eigenvalue weighted by molar-refractivity contribution is 6.34. The number of carboxylic acid groups (broad SMARTS) is 1. The van der Waals surface area contributed by atoms with Gasteiger partial charge in [0.15, 0.2) is 0 Å². The molecule has 2 rings (SSSR count). The lowest BCUT2D eigenvalue weighted by atomic mass is 10.2. The molecule has 1 heterocycles. The summed E-state index contributed by atoms with van der Waals surface area (Å²) in [6.07, 6.45) is -0.874. The zero-order valence-corrected chi connectivity index (χ0v) is 12.6. The van der Waals surface area contributed by atoms with E-state index in [-0.39, 0.29) is 30.2 Å². The third-order valence-corrected chi connectivity index (χ3v) is 4.06. The molecule has 1 fully saturated rings. The number of carboxylic acids is 1. The fourth-order valence-electron chi connectivity index (χ4n) is 2.54. The molecule has 1 aromatic carbocycles. The Morgan fingerprint density at radius 2 is 2.14 bits per heavy atom. The third-order valence-electron chi connectivity index (χ3n) is 3.68. The van der Waals surface area contributed by atoms with Crippen LogP contribution in [0.3, 0.4) is 0 Å². The lowest BCUT2D eigenvalue weighted by Crippen LogP contribution is -2.43. The predicted molar refractivity (Wildman–Crippen MR) is 77.4 cm³/mol. The molecule has 1 aliphatic rings. The van der Waals surface area contributed by atoms with E-state index in [0.29, 0.717) is 0 Å². The summed E-state index contributed by atoms with van der Waals surface area (Å²) in [5.74, 6) is -2.20. The Hall–Kier alpha value is -1.70. The first-order valence-electron chi connectivity index (χ1n) is 6.64. The number of carbonyl (C=O) groups excluding carboxylic acids is 1. The third kappa shape index (κ3) is 3.37. The molecule has 2 N–H and O–H groups in total. The highest BCUT2D eigenvalue weighted by Gasteiger charge is 2.37. The molecule has 6 nitrogen and oxygen atoms in total. The van der Waals surface area contributed by atoms with Gasteiger partial charge in [0.2, 0.25) is 0 Å². The highest BCUT2D eigenvalue weighted by atomic mass is 35.5. The number of aliphatic hydroxyl groups excluding tert-OH is 1. The van der Waals surface area contributed by atoms with Gasteiger partial charge < -0.3 is 15.1 Å². The SMILES string of the molecule is CN(CC(=O)O)[C@@H]1CN(C(=O)c2cccc(F)c2Cl)C[C@H]1O. The van der Waals surface area contributed by atoms with Crippen molar-refractivity contribution in [1.82, 2.24) is 9.80 Å². The van der Waals surface area contributed by atoms with Gasteiger partial charge >= 0.3 is 5.97 Å². The average Bonchev–Trinajstić information content (AvgIpc) is 2.82. The van der Waals surface area contributed by atoms with Crippen molar-refractivity contribution < 1.29 is 24.2 Å². The molecule has 22 heavy (non-hydrogen) atoms. The molecule has 1 aromatic rings. The van der Waals surface area contributed by atoms with E-state index < -0.39 is 29.8 Å². The molecule has 120 valence electrons. The number of hydrogen-bond acceptors (Lipinski definition) is 4. The van der Waals surface area contributed by atoms with Crippen LogP contribution in [-0.2, 0) is 4.79 Å². The summed E-state index contributed by atoms with van der Waals surface area (Å²) >= 11 is 5.80. The monoisotopic (exact) mass is 330 g/mol. The maximum Gasteiger partial charge on any atom is 0.317 e. The van der Waals surface area contributed by atoms with Gasteiger partial charge in [-0.2, -0.15) is 0 Å². The topological polar surface area (TPSA) is 81.1 Å². The highest BCUT2D eigenvalue weighted by Crippen LogP contribution is 2.24.